The van der Waals surface area contributed by atoms with Gasteiger partial charge < -0.3 is 10.1 Å². The molecule has 1 aliphatic heterocycles. The molecule has 0 bridgehead atoms. The maximum absolute atomic E-state index is 6.01. The largest absolute Gasteiger partial charge is 0.489 e. The first kappa shape index (κ1) is 13.2. The molecule has 1 aliphatic rings. The van der Waals surface area contributed by atoms with Gasteiger partial charge in [0.15, 0.2) is 0 Å². The molecule has 2 aromatic rings. The minimum Gasteiger partial charge on any atom is -0.489 e. The van der Waals surface area contributed by atoms with Crippen LogP contribution in [-0.4, -0.2) is 19.7 Å². The van der Waals surface area contributed by atoms with Crippen molar-refractivity contribution in [2.24, 2.45) is 0 Å². The van der Waals surface area contributed by atoms with E-state index in [1.807, 2.05) is 6.08 Å². The first-order valence-corrected chi connectivity index (χ1v) is 7.36. The lowest BCUT2D eigenvalue weighted by Crippen LogP contribution is -2.26. The predicted molar refractivity (Wildman–Crippen MR) is 84.5 cm³/mol. The van der Waals surface area contributed by atoms with Gasteiger partial charge in [0, 0.05) is 5.39 Å². The number of fused-ring (bicyclic) bond motifs is 1. The highest BCUT2D eigenvalue weighted by molar-refractivity contribution is 5.89. The lowest BCUT2D eigenvalue weighted by atomic mass is 9.88. The van der Waals surface area contributed by atoms with Gasteiger partial charge in [-0.05, 0) is 42.8 Å². The summed E-state index contributed by atoms with van der Waals surface area (Å²) in [4.78, 5) is 0. The second kappa shape index (κ2) is 6.10. The minimum absolute atomic E-state index is 0.561. The van der Waals surface area contributed by atoms with Crippen molar-refractivity contribution in [3.05, 3.63) is 54.6 Å². The van der Waals surface area contributed by atoms with Crippen LogP contribution in [0.2, 0.25) is 0 Å². The van der Waals surface area contributed by atoms with Crippen molar-refractivity contribution in [2.75, 3.05) is 19.7 Å². The molecule has 0 aliphatic carbocycles. The van der Waals surface area contributed by atoms with Crippen molar-refractivity contribution in [3.8, 4) is 5.75 Å². The molecule has 2 heteroatoms. The fraction of sp³-hybridized carbons (Fsp3) is 0.333. The molecule has 0 atom stereocenters. The van der Waals surface area contributed by atoms with Crippen LogP contribution < -0.4 is 10.1 Å². The summed E-state index contributed by atoms with van der Waals surface area (Å²) >= 11 is 0. The summed E-state index contributed by atoms with van der Waals surface area (Å²) in [7, 11) is 0. The summed E-state index contributed by atoms with van der Waals surface area (Å²) in [6.45, 7) is 6.52. The summed E-state index contributed by atoms with van der Waals surface area (Å²) in [6, 6.07) is 12.9. The second-order valence-electron chi connectivity index (χ2n) is 5.33. The molecule has 3 rings (SSSR count). The molecule has 1 saturated heterocycles. The number of rotatable bonds is 4. The summed E-state index contributed by atoms with van der Waals surface area (Å²) in [5.74, 6) is 1.65. The van der Waals surface area contributed by atoms with Crippen LogP contribution in [0.4, 0.5) is 0 Å². The zero-order valence-electron chi connectivity index (χ0n) is 11.8. The van der Waals surface area contributed by atoms with E-state index >= 15 is 0 Å². The highest BCUT2D eigenvalue weighted by Gasteiger charge is 2.20. The van der Waals surface area contributed by atoms with Gasteiger partial charge in [-0.25, -0.2) is 0 Å². The van der Waals surface area contributed by atoms with Crippen LogP contribution in [0.25, 0.3) is 10.8 Å². The van der Waals surface area contributed by atoms with E-state index in [1.165, 1.54) is 29.2 Å². The second-order valence-corrected chi connectivity index (χ2v) is 5.33. The Morgan fingerprint density at radius 3 is 2.75 bits per heavy atom. The zero-order chi connectivity index (χ0) is 13.8. The van der Waals surface area contributed by atoms with Crippen molar-refractivity contribution < 1.29 is 4.74 Å². The summed E-state index contributed by atoms with van der Waals surface area (Å²) < 4.78 is 6.01. The maximum atomic E-state index is 6.01. The number of hydrogen-bond acceptors (Lipinski definition) is 2. The standard InChI is InChI=1S/C18H21NO/c1-2-13-20-18-16-6-4-3-5-14(16)7-8-17(18)15-9-11-19-12-10-15/h2-8,15,19H,1,9-13H2. The monoisotopic (exact) mass is 267 g/mol. The zero-order valence-corrected chi connectivity index (χ0v) is 11.8. The van der Waals surface area contributed by atoms with Gasteiger partial charge in [-0.2, -0.15) is 0 Å². The SMILES string of the molecule is C=CCOc1c(C2CCNCC2)ccc2ccccc12. The first-order chi connectivity index (χ1) is 9.90. The molecule has 104 valence electrons. The lowest BCUT2D eigenvalue weighted by molar-refractivity contribution is 0.354. The third-order valence-corrected chi connectivity index (χ3v) is 4.03. The number of benzene rings is 2. The predicted octanol–water partition coefficient (Wildman–Crippen LogP) is 3.87. The van der Waals surface area contributed by atoms with E-state index in [4.69, 9.17) is 4.74 Å². The molecule has 0 aromatic heterocycles. The van der Waals surface area contributed by atoms with E-state index in [0.717, 1.165) is 18.8 Å². The maximum Gasteiger partial charge on any atom is 0.131 e. The van der Waals surface area contributed by atoms with Crippen LogP contribution in [0.5, 0.6) is 5.75 Å². The molecule has 1 heterocycles. The molecule has 1 N–H and O–H groups in total. The van der Waals surface area contributed by atoms with E-state index in [0.29, 0.717) is 12.5 Å². The van der Waals surface area contributed by atoms with Gasteiger partial charge in [-0.3, -0.25) is 0 Å². The normalized spacial score (nSPS) is 16.2. The molecule has 0 radical (unpaired) electrons. The number of ether oxygens (including phenoxy) is 1. The molecule has 2 nitrogen and oxygen atoms in total. The van der Waals surface area contributed by atoms with E-state index in [2.05, 4.69) is 48.3 Å². The van der Waals surface area contributed by atoms with Crippen LogP contribution in [0.1, 0.15) is 24.3 Å². The Balaban J connectivity index is 2.06. The molecule has 20 heavy (non-hydrogen) atoms. The summed E-state index contributed by atoms with van der Waals surface area (Å²) in [5, 5.41) is 5.88. The Kier molecular flexibility index (Phi) is 4.03. The molecule has 2 aromatic carbocycles. The van der Waals surface area contributed by atoms with Crippen LogP contribution in [0.15, 0.2) is 49.1 Å². The fourth-order valence-electron chi connectivity index (χ4n) is 3.02. The van der Waals surface area contributed by atoms with Crippen molar-refractivity contribution in [1.82, 2.24) is 5.32 Å². The van der Waals surface area contributed by atoms with E-state index < -0.39 is 0 Å². The van der Waals surface area contributed by atoms with Gasteiger partial charge in [0.1, 0.15) is 12.4 Å². The topological polar surface area (TPSA) is 21.3 Å². The van der Waals surface area contributed by atoms with E-state index in [1.54, 1.807) is 0 Å². The summed E-state index contributed by atoms with van der Waals surface area (Å²) in [5.41, 5.74) is 1.35. The number of hydrogen-bond donors (Lipinski definition) is 1. The molecule has 0 spiro atoms. The van der Waals surface area contributed by atoms with Gasteiger partial charge >= 0.3 is 0 Å². The fourth-order valence-corrected chi connectivity index (χ4v) is 3.02. The number of nitrogens with one attached hydrogen (secondary N) is 1. The smallest absolute Gasteiger partial charge is 0.131 e. The van der Waals surface area contributed by atoms with Crippen molar-refractivity contribution in [1.29, 1.82) is 0 Å². The molecular formula is C18H21NO. The van der Waals surface area contributed by atoms with Crippen LogP contribution >= 0.6 is 0 Å². The molecular weight excluding hydrogens is 246 g/mol. The molecule has 1 fully saturated rings. The minimum atomic E-state index is 0.561. The van der Waals surface area contributed by atoms with Gasteiger partial charge in [0.2, 0.25) is 0 Å². The Hall–Kier alpha value is -1.80. The Labute approximate surface area is 120 Å². The Morgan fingerprint density at radius 2 is 1.95 bits per heavy atom. The van der Waals surface area contributed by atoms with Crippen molar-refractivity contribution in [3.63, 3.8) is 0 Å². The summed E-state index contributed by atoms with van der Waals surface area (Å²) in [6.07, 6.45) is 4.18. The average Bonchev–Trinajstić information content (AvgIpc) is 2.53. The van der Waals surface area contributed by atoms with Gasteiger partial charge in [0.25, 0.3) is 0 Å². The van der Waals surface area contributed by atoms with Crippen molar-refractivity contribution in [2.45, 2.75) is 18.8 Å². The highest BCUT2D eigenvalue weighted by atomic mass is 16.5. The van der Waals surface area contributed by atoms with Gasteiger partial charge in [-0.1, -0.05) is 49.1 Å². The third kappa shape index (κ3) is 2.56. The van der Waals surface area contributed by atoms with Crippen molar-refractivity contribution >= 4 is 10.8 Å². The first-order valence-electron chi connectivity index (χ1n) is 7.36. The highest BCUT2D eigenvalue weighted by Crippen LogP contribution is 2.37. The van der Waals surface area contributed by atoms with Crippen LogP contribution in [0, 0.1) is 0 Å². The quantitative estimate of drug-likeness (QED) is 0.849. The Morgan fingerprint density at radius 1 is 1.15 bits per heavy atom. The van der Waals surface area contributed by atoms with E-state index in [-0.39, 0.29) is 0 Å². The van der Waals surface area contributed by atoms with Crippen LogP contribution in [-0.2, 0) is 0 Å². The third-order valence-electron chi connectivity index (χ3n) is 4.03. The van der Waals surface area contributed by atoms with Crippen LogP contribution in [0.3, 0.4) is 0 Å². The van der Waals surface area contributed by atoms with Gasteiger partial charge in [0.05, 0.1) is 0 Å². The molecule has 0 unspecified atom stereocenters. The average molecular weight is 267 g/mol. The molecule has 0 amide bonds. The van der Waals surface area contributed by atoms with Gasteiger partial charge in [-0.15, -0.1) is 0 Å². The Bertz CT molecular complexity index is 599. The lowest BCUT2D eigenvalue weighted by Gasteiger charge is -2.25. The molecule has 0 saturated carbocycles. The number of piperidine rings is 1. The van der Waals surface area contributed by atoms with E-state index in [9.17, 15) is 0 Å².